The van der Waals surface area contributed by atoms with Gasteiger partial charge in [0.25, 0.3) is 0 Å². The van der Waals surface area contributed by atoms with Crippen molar-refractivity contribution >= 4 is 17.7 Å². The van der Waals surface area contributed by atoms with Gasteiger partial charge < -0.3 is 9.47 Å². The third-order valence-corrected chi connectivity index (χ3v) is 3.52. The van der Waals surface area contributed by atoms with Crippen molar-refractivity contribution in [2.75, 3.05) is 20.3 Å². The van der Waals surface area contributed by atoms with Crippen LogP contribution < -0.4 is 0 Å². The molecule has 5 nitrogen and oxygen atoms in total. The highest BCUT2D eigenvalue weighted by atomic mass is 19.1. The Morgan fingerprint density at radius 1 is 1.04 bits per heavy atom. The number of aliphatic imine (C=N–C) groups is 1. The fourth-order valence-corrected chi connectivity index (χ4v) is 2.32. The van der Waals surface area contributed by atoms with Gasteiger partial charge in [0.05, 0.1) is 16.8 Å². The van der Waals surface area contributed by atoms with Gasteiger partial charge in [0.2, 0.25) is 0 Å². The van der Waals surface area contributed by atoms with Crippen LogP contribution in [0.1, 0.15) is 21.5 Å². The number of rotatable bonds is 7. The summed E-state index contributed by atoms with van der Waals surface area (Å²) in [6.07, 6.45) is 0.999. The molecule has 0 N–H and O–H groups in total. The number of carbonyl (C=O) groups excluding carboxylic acids is 2. The zero-order chi connectivity index (χ0) is 19.8. The molecule has 27 heavy (non-hydrogen) atoms. The average molecular weight is 373 g/mol. The molecule has 2 aromatic carbocycles. The second kappa shape index (κ2) is 9.38. The number of hydrogen-bond acceptors (Lipinski definition) is 5. The van der Waals surface area contributed by atoms with Crippen LogP contribution in [0.5, 0.6) is 0 Å². The Morgan fingerprint density at radius 2 is 1.63 bits per heavy atom. The molecule has 0 amide bonds. The Morgan fingerprint density at radius 3 is 2.26 bits per heavy atom. The lowest BCUT2D eigenvalue weighted by Gasteiger charge is -2.10. The largest absolute Gasteiger partial charge is 0.459 e. The van der Waals surface area contributed by atoms with Crippen LogP contribution in [0.3, 0.4) is 0 Å². The topological polar surface area (TPSA) is 65.0 Å². The second-order valence-electron chi connectivity index (χ2n) is 5.26. The van der Waals surface area contributed by atoms with Gasteiger partial charge in [-0.15, -0.1) is 0 Å². The van der Waals surface area contributed by atoms with Crippen molar-refractivity contribution in [1.29, 1.82) is 0 Å². The average Bonchev–Trinajstić information content (AvgIpc) is 2.67. The van der Waals surface area contributed by atoms with E-state index in [4.69, 9.17) is 9.47 Å². The Hall–Kier alpha value is -3.35. The van der Waals surface area contributed by atoms with Crippen LogP contribution in [0.2, 0.25) is 0 Å². The molecule has 0 aliphatic rings. The number of carbonyl (C=O) groups is 2. The van der Waals surface area contributed by atoms with E-state index in [-0.39, 0.29) is 30.1 Å². The summed E-state index contributed by atoms with van der Waals surface area (Å²) in [6, 6.07) is 9.57. The molecule has 0 unspecified atom stereocenters. The van der Waals surface area contributed by atoms with Crippen LogP contribution in [0, 0.1) is 11.6 Å². The van der Waals surface area contributed by atoms with Gasteiger partial charge in [-0.1, -0.05) is 24.8 Å². The van der Waals surface area contributed by atoms with Gasteiger partial charge in [-0.3, -0.25) is 4.99 Å². The van der Waals surface area contributed by atoms with E-state index in [1.165, 1.54) is 25.2 Å². The lowest BCUT2D eigenvalue weighted by atomic mass is 9.99. The van der Waals surface area contributed by atoms with Gasteiger partial charge in [0, 0.05) is 18.7 Å². The van der Waals surface area contributed by atoms with E-state index in [9.17, 15) is 18.4 Å². The van der Waals surface area contributed by atoms with Gasteiger partial charge in [0.15, 0.2) is 0 Å². The third kappa shape index (κ3) is 5.07. The zero-order valence-corrected chi connectivity index (χ0v) is 14.6. The van der Waals surface area contributed by atoms with E-state index < -0.39 is 23.6 Å². The van der Waals surface area contributed by atoms with Gasteiger partial charge in [0.1, 0.15) is 24.8 Å². The van der Waals surface area contributed by atoms with E-state index in [0.29, 0.717) is 5.56 Å². The number of nitrogens with zero attached hydrogens (tertiary/aromatic N) is 1. The van der Waals surface area contributed by atoms with Crippen molar-refractivity contribution < 1.29 is 27.8 Å². The molecule has 7 heteroatoms. The SMILES string of the molecule is C=CC(=O)OCCOC(=O)c1cccc(/C(=N/C)c2c(F)cccc2F)c1. The summed E-state index contributed by atoms with van der Waals surface area (Å²) in [6.45, 7) is 2.99. The van der Waals surface area contributed by atoms with Gasteiger partial charge >= 0.3 is 11.9 Å². The lowest BCUT2D eigenvalue weighted by molar-refractivity contribution is -0.138. The molecule has 0 aliphatic heterocycles. The third-order valence-electron chi connectivity index (χ3n) is 3.52. The maximum absolute atomic E-state index is 14.1. The van der Waals surface area contributed by atoms with E-state index >= 15 is 0 Å². The second-order valence-corrected chi connectivity index (χ2v) is 5.26. The minimum Gasteiger partial charge on any atom is -0.459 e. The number of halogens is 2. The summed E-state index contributed by atoms with van der Waals surface area (Å²) in [5.74, 6) is -2.81. The highest BCUT2D eigenvalue weighted by Crippen LogP contribution is 2.19. The molecule has 0 radical (unpaired) electrons. The molecular formula is C20H17F2NO4. The van der Waals surface area contributed by atoms with Crippen molar-refractivity contribution in [3.8, 4) is 0 Å². The summed E-state index contributed by atoms with van der Waals surface area (Å²) >= 11 is 0. The molecule has 2 rings (SSSR count). The minimum atomic E-state index is -0.757. The first-order valence-electron chi connectivity index (χ1n) is 7.95. The Labute approximate surface area is 154 Å². The maximum Gasteiger partial charge on any atom is 0.338 e. The summed E-state index contributed by atoms with van der Waals surface area (Å²) in [5, 5.41) is 0. The molecule has 140 valence electrons. The molecule has 0 fully saturated rings. The molecular weight excluding hydrogens is 356 g/mol. The number of benzene rings is 2. The van der Waals surface area contributed by atoms with Crippen LogP contribution in [0.4, 0.5) is 8.78 Å². The minimum absolute atomic E-state index is 0.0696. The normalized spacial score (nSPS) is 11.0. The Balaban J connectivity index is 2.17. The van der Waals surface area contributed by atoms with Crippen molar-refractivity contribution in [2.45, 2.75) is 0 Å². The molecule has 0 atom stereocenters. The first-order chi connectivity index (χ1) is 13.0. The summed E-state index contributed by atoms with van der Waals surface area (Å²) < 4.78 is 37.9. The number of hydrogen-bond donors (Lipinski definition) is 0. The molecule has 0 aliphatic carbocycles. The monoisotopic (exact) mass is 373 g/mol. The van der Waals surface area contributed by atoms with E-state index in [1.54, 1.807) is 12.1 Å². The maximum atomic E-state index is 14.1. The van der Waals surface area contributed by atoms with Crippen LogP contribution >= 0.6 is 0 Å². The first-order valence-corrected chi connectivity index (χ1v) is 7.95. The smallest absolute Gasteiger partial charge is 0.338 e. The Kier molecular flexibility index (Phi) is 6.93. The highest BCUT2D eigenvalue weighted by Gasteiger charge is 2.18. The van der Waals surface area contributed by atoms with E-state index in [2.05, 4.69) is 11.6 Å². The summed E-state index contributed by atoms with van der Waals surface area (Å²) in [5.41, 5.74) is 0.316. The van der Waals surface area contributed by atoms with Crippen LogP contribution in [-0.4, -0.2) is 37.9 Å². The zero-order valence-electron chi connectivity index (χ0n) is 14.6. The molecule has 2 aromatic rings. The van der Waals surface area contributed by atoms with Gasteiger partial charge in [-0.2, -0.15) is 0 Å². The summed E-state index contributed by atoms with van der Waals surface area (Å²) in [4.78, 5) is 27.0. The van der Waals surface area contributed by atoms with Crippen molar-refractivity contribution in [2.24, 2.45) is 4.99 Å². The van der Waals surface area contributed by atoms with Crippen molar-refractivity contribution in [3.05, 3.63) is 83.4 Å². The van der Waals surface area contributed by atoms with Crippen molar-refractivity contribution in [3.63, 3.8) is 0 Å². The predicted molar refractivity (Wildman–Crippen MR) is 95.8 cm³/mol. The standard InChI is InChI=1S/C20H17F2NO4/c1-3-17(24)26-10-11-27-20(25)14-7-4-6-13(12-14)19(23-2)18-15(21)8-5-9-16(18)22/h3-9,12H,1,10-11H2,2H3/b23-19-. The summed E-state index contributed by atoms with van der Waals surface area (Å²) in [7, 11) is 1.40. The predicted octanol–water partition coefficient (Wildman–Crippen LogP) is 3.32. The molecule has 0 bridgehead atoms. The van der Waals surface area contributed by atoms with E-state index in [0.717, 1.165) is 18.2 Å². The van der Waals surface area contributed by atoms with Crippen LogP contribution in [0.15, 0.2) is 60.1 Å². The molecule has 0 spiro atoms. The van der Waals surface area contributed by atoms with Crippen LogP contribution in [-0.2, 0) is 14.3 Å². The number of esters is 2. The highest BCUT2D eigenvalue weighted by molar-refractivity contribution is 6.13. The Bertz CT molecular complexity index is 873. The fourth-order valence-electron chi connectivity index (χ4n) is 2.32. The molecule has 0 saturated carbocycles. The van der Waals surface area contributed by atoms with E-state index in [1.807, 2.05) is 0 Å². The van der Waals surface area contributed by atoms with Gasteiger partial charge in [-0.05, 0) is 24.3 Å². The molecule has 0 heterocycles. The molecule has 0 aromatic heterocycles. The first kappa shape index (κ1) is 20.0. The van der Waals surface area contributed by atoms with Crippen LogP contribution in [0.25, 0.3) is 0 Å². The molecule has 0 saturated heterocycles. The lowest BCUT2D eigenvalue weighted by Crippen LogP contribution is -2.14. The quantitative estimate of drug-likeness (QED) is 0.323. The van der Waals surface area contributed by atoms with Gasteiger partial charge in [-0.25, -0.2) is 18.4 Å². The fraction of sp³-hybridized carbons (Fsp3) is 0.150. The number of ether oxygens (including phenoxy) is 2. The van der Waals surface area contributed by atoms with Crippen molar-refractivity contribution in [1.82, 2.24) is 0 Å².